The van der Waals surface area contributed by atoms with Gasteiger partial charge in [-0.15, -0.1) is 0 Å². The van der Waals surface area contributed by atoms with Crippen LogP contribution in [0.4, 0.5) is 0 Å². The lowest BCUT2D eigenvalue weighted by molar-refractivity contribution is -0.129. The van der Waals surface area contributed by atoms with Crippen molar-refractivity contribution in [1.29, 1.82) is 0 Å². The summed E-state index contributed by atoms with van der Waals surface area (Å²) < 4.78 is 31.7. The van der Waals surface area contributed by atoms with Gasteiger partial charge in [-0.25, -0.2) is 13.1 Å². The minimum Gasteiger partial charge on any atom is -0.494 e. The summed E-state index contributed by atoms with van der Waals surface area (Å²) in [5.41, 5.74) is 0. The Morgan fingerprint density at radius 1 is 1.14 bits per heavy atom. The predicted octanol–water partition coefficient (Wildman–Crippen LogP) is 1.23. The Labute approximate surface area is 126 Å². The van der Waals surface area contributed by atoms with Crippen molar-refractivity contribution in [2.75, 3.05) is 26.2 Å². The van der Waals surface area contributed by atoms with Crippen LogP contribution < -0.4 is 9.46 Å². The van der Waals surface area contributed by atoms with Gasteiger partial charge in [0.25, 0.3) is 0 Å². The van der Waals surface area contributed by atoms with E-state index in [9.17, 15) is 13.2 Å². The summed E-state index contributed by atoms with van der Waals surface area (Å²) >= 11 is 0. The number of ether oxygens (including phenoxy) is 1. The van der Waals surface area contributed by atoms with E-state index in [2.05, 4.69) is 4.72 Å². The molecular formula is C14H22N2O4S. The highest BCUT2D eigenvalue weighted by molar-refractivity contribution is 7.89. The SMILES string of the molecule is CCOc1ccc(S(=O)(=O)NCC(=O)N(CC)CC)cc1. The van der Waals surface area contributed by atoms with E-state index in [1.165, 1.54) is 12.1 Å². The molecule has 0 saturated carbocycles. The number of nitrogens with zero attached hydrogens (tertiary/aromatic N) is 1. The fourth-order valence-corrected chi connectivity index (χ4v) is 2.78. The third-order valence-electron chi connectivity index (χ3n) is 2.97. The number of rotatable bonds is 8. The van der Waals surface area contributed by atoms with Crippen molar-refractivity contribution in [2.24, 2.45) is 0 Å². The number of hydrogen-bond donors (Lipinski definition) is 1. The Hall–Kier alpha value is -1.60. The van der Waals surface area contributed by atoms with Crippen molar-refractivity contribution in [1.82, 2.24) is 9.62 Å². The normalized spacial score (nSPS) is 11.2. The summed E-state index contributed by atoms with van der Waals surface area (Å²) in [6.45, 7) is 6.94. The topological polar surface area (TPSA) is 75.7 Å². The Bertz CT molecular complexity index is 551. The molecule has 1 aromatic carbocycles. The first kappa shape index (κ1) is 17.5. The lowest BCUT2D eigenvalue weighted by Gasteiger charge is -2.18. The number of nitrogens with one attached hydrogen (secondary N) is 1. The molecule has 1 N–H and O–H groups in total. The van der Waals surface area contributed by atoms with Gasteiger partial charge in [-0.1, -0.05) is 0 Å². The Morgan fingerprint density at radius 3 is 2.19 bits per heavy atom. The standard InChI is InChI=1S/C14H22N2O4S/c1-4-16(5-2)14(17)11-15-21(18,19)13-9-7-12(8-10-13)20-6-3/h7-10,15H,4-6,11H2,1-3H3. The maximum atomic E-state index is 12.1. The van der Waals surface area contributed by atoms with Crippen LogP contribution in [0.3, 0.4) is 0 Å². The molecule has 0 unspecified atom stereocenters. The van der Waals surface area contributed by atoms with E-state index in [-0.39, 0.29) is 17.3 Å². The number of hydrogen-bond acceptors (Lipinski definition) is 4. The van der Waals surface area contributed by atoms with Gasteiger partial charge in [-0.3, -0.25) is 4.79 Å². The first-order valence-corrected chi connectivity index (χ1v) is 8.43. The van der Waals surface area contributed by atoms with Crippen LogP contribution in [0.1, 0.15) is 20.8 Å². The Balaban J connectivity index is 2.71. The van der Waals surface area contributed by atoms with Gasteiger partial charge in [0.2, 0.25) is 15.9 Å². The van der Waals surface area contributed by atoms with Crippen molar-refractivity contribution in [3.05, 3.63) is 24.3 Å². The van der Waals surface area contributed by atoms with Crippen molar-refractivity contribution in [3.8, 4) is 5.75 Å². The van der Waals surface area contributed by atoms with Gasteiger partial charge in [0, 0.05) is 13.1 Å². The third-order valence-corrected chi connectivity index (χ3v) is 4.39. The van der Waals surface area contributed by atoms with Gasteiger partial charge >= 0.3 is 0 Å². The molecule has 0 saturated heterocycles. The Kier molecular flexibility index (Phi) is 6.64. The number of carbonyl (C=O) groups is 1. The number of likely N-dealkylation sites (N-methyl/N-ethyl adjacent to an activating group) is 1. The van der Waals surface area contributed by atoms with E-state index in [1.807, 2.05) is 20.8 Å². The molecule has 0 fully saturated rings. The smallest absolute Gasteiger partial charge is 0.241 e. The highest BCUT2D eigenvalue weighted by Crippen LogP contribution is 2.15. The summed E-state index contributed by atoms with van der Waals surface area (Å²) in [5, 5.41) is 0. The average molecular weight is 314 g/mol. The average Bonchev–Trinajstić information content (AvgIpc) is 2.47. The van der Waals surface area contributed by atoms with Gasteiger partial charge in [0.1, 0.15) is 5.75 Å². The summed E-state index contributed by atoms with van der Waals surface area (Å²) in [4.78, 5) is 13.5. The summed E-state index contributed by atoms with van der Waals surface area (Å²) in [7, 11) is -3.69. The Morgan fingerprint density at radius 2 is 1.71 bits per heavy atom. The van der Waals surface area contributed by atoms with Crippen LogP contribution in [0, 0.1) is 0 Å². The molecule has 0 spiro atoms. The molecule has 0 heterocycles. The van der Waals surface area contributed by atoms with E-state index in [1.54, 1.807) is 17.0 Å². The van der Waals surface area contributed by atoms with Crippen LogP contribution in [0.15, 0.2) is 29.2 Å². The predicted molar refractivity (Wildman–Crippen MR) is 80.7 cm³/mol. The van der Waals surface area contributed by atoms with Crippen LogP contribution in [-0.4, -0.2) is 45.5 Å². The molecule has 118 valence electrons. The zero-order chi connectivity index (χ0) is 15.9. The molecule has 0 atom stereocenters. The van der Waals surface area contributed by atoms with Gasteiger partial charge in [-0.05, 0) is 45.0 Å². The first-order chi connectivity index (χ1) is 9.94. The highest BCUT2D eigenvalue weighted by atomic mass is 32.2. The summed E-state index contributed by atoms with van der Waals surface area (Å²) in [5.74, 6) is 0.366. The molecule has 0 aliphatic carbocycles. The van der Waals surface area contributed by atoms with E-state index in [0.29, 0.717) is 25.4 Å². The van der Waals surface area contributed by atoms with Crippen LogP contribution in [0.2, 0.25) is 0 Å². The highest BCUT2D eigenvalue weighted by Gasteiger charge is 2.17. The fourth-order valence-electron chi connectivity index (χ4n) is 1.81. The second-order valence-corrected chi connectivity index (χ2v) is 6.06. The number of sulfonamides is 1. The molecule has 0 aliphatic rings. The molecule has 0 radical (unpaired) electrons. The van der Waals surface area contributed by atoms with Crippen LogP contribution in [-0.2, 0) is 14.8 Å². The van der Waals surface area contributed by atoms with E-state index < -0.39 is 10.0 Å². The van der Waals surface area contributed by atoms with Crippen LogP contribution in [0.5, 0.6) is 5.75 Å². The zero-order valence-corrected chi connectivity index (χ0v) is 13.4. The summed E-state index contributed by atoms with van der Waals surface area (Å²) in [6, 6.07) is 6.08. The fraction of sp³-hybridized carbons (Fsp3) is 0.500. The van der Waals surface area contributed by atoms with Gasteiger partial charge in [0.05, 0.1) is 18.0 Å². The van der Waals surface area contributed by atoms with E-state index in [4.69, 9.17) is 4.74 Å². The second kappa shape index (κ2) is 7.99. The minimum atomic E-state index is -3.69. The molecule has 1 amide bonds. The zero-order valence-electron chi connectivity index (χ0n) is 12.6. The lowest BCUT2D eigenvalue weighted by atomic mass is 10.3. The van der Waals surface area contributed by atoms with Gasteiger partial charge in [0.15, 0.2) is 0 Å². The number of carbonyl (C=O) groups excluding carboxylic acids is 1. The molecule has 1 rings (SSSR count). The largest absolute Gasteiger partial charge is 0.494 e. The molecule has 0 bridgehead atoms. The quantitative estimate of drug-likeness (QED) is 0.783. The first-order valence-electron chi connectivity index (χ1n) is 6.94. The maximum Gasteiger partial charge on any atom is 0.241 e. The van der Waals surface area contributed by atoms with Crippen LogP contribution in [0.25, 0.3) is 0 Å². The van der Waals surface area contributed by atoms with Crippen molar-refractivity contribution < 1.29 is 17.9 Å². The minimum absolute atomic E-state index is 0.110. The molecule has 0 aromatic heterocycles. The van der Waals surface area contributed by atoms with Gasteiger partial charge < -0.3 is 9.64 Å². The molecule has 1 aromatic rings. The second-order valence-electron chi connectivity index (χ2n) is 4.29. The van der Waals surface area contributed by atoms with Crippen molar-refractivity contribution in [3.63, 3.8) is 0 Å². The van der Waals surface area contributed by atoms with Crippen molar-refractivity contribution in [2.45, 2.75) is 25.7 Å². The van der Waals surface area contributed by atoms with Gasteiger partial charge in [-0.2, -0.15) is 0 Å². The third kappa shape index (κ3) is 5.02. The lowest BCUT2D eigenvalue weighted by Crippen LogP contribution is -2.39. The molecule has 6 nitrogen and oxygen atoms in total. The molecule has 21 heavy (non-hydrogen) atoms. The van der Waals surface area contributed by atoms with Crippen LogP contribution >= 0.6 is 0 Å². The summed E-state index contributed by atoms with van der Waals surface area (Å²) in [6.07, 6.45) is 0. The van der Waals surface area contributed by atoms with E-state index in [0.717, 1.165) is 0 Å². The molecular weight excluding hydrogens is 292 g/mol. The monoisotopic (exact) mass is 314 g/mol. The number of benzene rings is 1. The maximum absolute atomic E-state index is 12.1. The van der Waals surface area contributed by atoms with E-state index >= 15 is 0 Å². The molecule has 7 heteroatoms. The molecule has 0 aliphatic heterocycles. The van der Waals surface area contributed by atoms with Crippen molar-refractivity contribution >= 4 is 15.9 Å². The number of amides is 1.